The molecule has 0 fully saturated rings. The van der Waals surface area contributed by atoms with E-state index in [0.717, 1.165) is 4.31 Å². The van der Waals surface area contributed by atoms with Crippen molar-refractivity contribution in [3.05, 3.63) is 63.6 Å². The Labute approximate surface area is 150 Å². The van der Waals surface area contributed by atoms with E-state index in [1.54, 1.807) is 24.3 Å². The molecule has 2 aromatic rings. The number of hydrogen-bond acceptors (Lipinski definition) is 4. The van der Waals surface area contributed by atoms with Crippen LogP contribution in [-0.4, -0.2) is 32.8 Å². The van der Waals surface area contributed by atoms with Gasteiger partial charge in [0.25, 0.3) is 0 Å². The van der Waals surface area contributed by atoms with Crippen LogP contribution in [0.1, 0.15) is 15.9 Å². The summed E-state index contributed by atoms with van der Waals surface area (Å²) in [5, 5.41) is 0.373. The van der Waals surface area contributed by atoms with Crippen LogP contribution in [0.15, 0.2) is 47.4 Å². The number of hydrogen-bond donors (Lipinski definition) is 0. The second kappa shape index (κ2) is 7.53. The first-order valence-corrected chi connectivity index (χ1v) is 9.05. The minimum absolute atomic E-state index is 0.0849. The molecule has 0 aromatic heterocycles. The van der Waals surface area contributed by atoms with Gasteiger partial charge in [-0.05, 0) is 29.8 Å². The highest BCUT2D eigenvalue weighted by molar-refractivity contribution is 7.89. The maximum Gasteiger partial charge on any atom is 0.340 e. The molecule has 8 heteroatoms. The maximum atomic E-state index is 12.1. The Morgan fingerprint density at radius 1 is 1.12 bits per heavy atom. The zero-order valence-electron chi connectivity index (χ0n) is 13.0. The predicted octanol–water partition coefficient (Wildman–Crippen LogP) is 3.60. The molecule has 0 amide bonds. The summed E-state index contributed by atoms with van der Waals surface area (Å²) in [5.74, 6) is -0.636. The zero-order chi connectivity index (χ0) is 17.9. The van der Waals surface area contributed by atoms with Gasteiger partial charge in [0.05, 0.1) is 20.5 Å². The van der Waals surface area contributed by atoms with Crippen molar-refractivity contribution in [2.45, 2.75) is 11.5 Å². The molecule has 0 bridgehead atoms. The van der Waals surface area contributed by atoms with Crippen LogP contribution in [0.4, 0.5) is 0 Å². The van der Waals surface area contributed by atoms with E-state index in [1.165, 1.54) is 32.3 Å². The average Bonchev–Trinajstić information content (AvgIpc) is 2.55. The Morgan fingerprint density at radius 2 is 1.79 bits per heavy atom. The third kappa shape index (κ3) is 4.08. The molecular formula is C16H15Cl2NO4S. The molecule has 0 radical (unpaired) electrons. The van der Waals surface area contributed by atoms with Crippen LogP contribution in [0.2, 0.25) is 10.0 Å². The second-order valence-corrected chi connectivity index (χ2v) is 8.05. The summed E-state index contributed by atoms with van der Waals surface area (Å²) in [6, 6.07) is 10.9. The van der Waals surface area contributed by atoms with Crippen LogP contribution in [-0.2, 0) is 21.4 Å². The summed E-state index contributed by atoms with van der Waals surface area (Å²) >= 11 is 11.8. The quantitative estimate of drug-likeness (QED) is 0.735. The maximum absolute atomic E-state index is 12.1. The lowest BCUT2D eigenvalue weighted by Gasteiger charge is -2.12. The van der Waals surface area contributed by atoms with Gasteiger partial charge in [0.1, 0.15) is 6.61 Å². The van der Waals surface area contributed by atoms with Gasteiger partial charge in [0.15, 0.2) is 0 Å². The molecule has 0 saturated carbocycles. The van der Waals surface area contributed by atoms with E-state index in [9.17, 15) is 13.2 Å². The van der Waals surface area contributed by atoms with Crippen molar-refractivity contribution in [2.75, 3.05) is 14.1 Å². The topological polar surface area (TPSA) is 63.7 Å². The molecule has 0 aliphatic rings. The molecule has 24 heavy (non-hydrogen) atoms. The number of sulfonamides is 1. The second-order valence-electron chi connectivity index (χ2n) is 5.11. The summed E-state index contributed by atoms with van der Waals surface area (Å²) in [7, 11) is -0.653. The Balaban J connectivity index is 2.16. The van der Waals surface area contributed by atoms with Gasteiger partial charge in [-0.1, -0.05) is 41.4 Å². The van der Waals surface area contributed by atoms with Crippen LogP contribution in [0.25, 0.3) is 0 Å². The van der Waals surface area contributed by atoms with Crippen LogP contribution in [0.5, 0.6) is 0 Å². The lowest BCUT2D eigenvalue weighted by Crippen LogP contribution is -2.22. The number of ether oxygens (including phenoxy) is 1. The predicted molar refractivity (Wildman–Crippen MR) is 92.9 cm³/mol. The minimum atomic E-state index is -3.55. The highest BCUT2D eigenvalue weighted by atomic mass is 35.5. The standard InChI is InChI=1S/C16H15Cl2NO4S/c1-19(2)24(21,22)12-6-3-5-11(9-12)10-23-16(20)13-7-4-8-14(17)15(13)18/h3-9H,10H2,1-2H3. The fraction of sp³-hybridized carbons (Fsp3) is 0.188. The van der Waals surface area contributed by atoms with Crippen molar-refractivity contribution < 1.29 is 17.9 Å². The molecule has 0 N–H and O–H groups in total. The largest absolute Gasteiger partial charge is 0.457 e. The lowest BCUT2D eigenvalue weighted by molar-refractivity contribution is 0.0472. The number of esters is 1. The summed E-state index contributed by atoms with van der Waals surface area (Å²) in [5.41, 5.74) is 0.700. The molecule has 0 saturated heterocycles. The third-order valence-corrected chi connectivity index (χ3v) is 5.85. The van der Waals surface area contributed by atoms with E-state index in [0.29, 0.717) is 5.56 Å². The molecule has 0 spiro atoms. The normalized spacial score (nSPS) is 11.5. The van der Waals surface area contributed by atoms with E-state index in [2.05, 4.69) is 0 Å². The molecule has 0 aliphatic heterocycles. The van der Waals surface area contributed by atoms with Crippen LogP contribution in [0, 0.1) is 0 Å². The molecule has 0 aliphatic carbocycles. The van der Waals surface area contributed by atoms with Crippen molar-refractivity contribution >= 4 is 39.2 Å². The van der Waals surface area contributed by atoms with Crippen molar-refractivity contribution in [3.63, 3.8) is 0 Å². The minimum Gasteiger partial charge on any atom is -0.457 e. The van der Waals surface area contributed by atoms with Gasteiger partial charge in [-0.25, -0.2) is 17.5 Å². The van der Waals surface area contributed by atoms with E-state index in [1.807, 2.05) is 0 Å². The summed E-state index contributed by atoms with van der Waals surface area (Å²) < 4.78 is 30.5. The van der Waals surface area contributed by atoms with Gasteiger partial charge in [-0.3, -0.25) is 0 Å². The highest BCUT2D eigenvalue weighted by Gasteiger charge is 2.18. The van der Waals surface area contributed by atoms with Gasteiger partial charge < -0.3 is 4.74 Å². The molecule has 2 rings (SSSR count). The number of nitrogens with zero attached hydrogens (tertiary/aromatic N) is 1. The van der Waals surface area contributed by atoms with Gasteiger partial charge in [-0.2, -0.15) is 0 Å². The Kier molecular flexibility index (Phi) is 5.87. The SMILES string of the molecule is CN(C)S(=O)(=O)c1cccc(COC(=O)c2cccc(Cl)c2Cl)c1. The zero-order valence-corrected chi connectivity index (χ0v) is 15.3. The van der Waals surface area contributed by atoms with Gasteiger partial charge in [-0.15, -0.1) is 0 Å². The molecule has 2 aromatic carbocycles. The number of carbonyl (C=O) groups is 1. The molecular weight excluding hydrogens is 373 g/mol. The average molecular weight is 388 g/mol. The number of carbonyl (C=O) groups excluding carboxylic acids is 1. The third-order valence-electron chi connectivity index (χ3n) is 3.22. The fourth-order valence-corrected chi connectivity index (χ4v) is 3.24. The van der Waals surface area contributed by atoms with Crippen molar-refractivity contribution in [3.8, 4) is 0 Å². The molecule has 5 nitrogen and oxygen atoms in total. The highest BCUT2D eigenvalue weighted by Crippen LogP contribution is 2.26. The Hall–Kier alpha value is -1.60. The van der Waals surface area contributed by atoms with E-state index in [4.69, 9.17) is 27.9 Å². The Morgan fingerprint density at radius 3 is 2.46 bits per heavy atom. The number of halogens is 2. The summed E-state index contributed by atoms with van der Waals surface area (Å²) in [6.07, 6.45) is 0. The molecule has 128 valence electrons. The molecule has 0 unspecified atom stereocenters. The van der Waals surface area contributed by atoms with Gasteiger partial charge in [0.2, 0.25) is 10.0 Å². The van der Waals surface area contributed by atoms with E-state index in [-0.39, 0.29) is 27.1 Å². The van der Waals surface area contributed by atoms with Crippen LogP contribution >= 0.6 is 23.2 Å². The molecule has 0 atom stereocenters. The first-order chi connectivity index (χ1) is 11.2. The van der Waals surface area contributed by atoms with E-state index >= 15 is 0 Å². The molecule has 0 heterocycles. The van der Waals surface area contributed by atoms with Gasteiger partial charge in [0, 0.05) is 14.1 Å². The number of benzene rings is 2. The summed E-state index contributed by atoms with van der Waals surface area (Å²) in [4.78, 5) is 12.2. The van der Waals surface area contributed by atoms with Crippen LogP contribution in [0.3, 0.4) is 0 Å². The first kappa shape index (κ1) is 18.7. The van der Waals surface area contributed by atoms with Crippen molar-refractivity contribution in [1.82, 2.24) is 4.31 Å². The first-order valence-electron chi connectivity index (χ1n) is 6.86. The summed E-state index contributed by atoms with van der Waals surface area (Å²) in [6.45, 7) is -0.0849. The fourth-order valence-electron chi connectivity index (χ4n) is 1.89. The Bertz CT molecular complexity index is 866. The number of rotatable bonds is 5. The monoisotopic (exact) mass is 387 g/mol. The lowest BCUT2D eigenvalue weighted by atomic mass is 10.2. The van der Waals surface area contributed by atoms with Crippen molar-refractivity contribution in [2.24, 2.45) is 0 Å². The smallest absolute Gasteiger partial charge is 0.340 e. The van der Waals surface area contributed by atoms with E-state index < -0.39 is 16.0 Å². The van der Waals surface area contributed by atoms with Crippen molar-refractivity contribution in [1.29, 1.82) is 0 Å². The van der Waals surface area contributed by atoms with Crippen LogP contribution < -0.4 is 0 Å². The van der Waals surface area contributed by atoms with Gasteiger partial charge >= 0.3 is 5.97 Å².